The van der Waals surface area contributed by atoms with Gasteiger partial charge in [-0.3, -0.25) is 5.01 Å². The molecule has 12 heteroatoms. The van der Waals surface area contributed by atoms with E-state index in [-0.39, 0.29) is 18.4 Å². The zero-order valence-electron chi connectivity index (χ0n) is 21.7. The van der Waals surface area contributed by atoms with Gasteiger partial charge in [-0.05, 0) is 62.4 Å². The fourth-order valence-corrected chi connectivity index (χ4v) is 4.99. The van der Waals surface area contributed by atoms with Crippen LogP contribution < -0.4 is 20.1 Å². The van der Waals surface area contributed by atoms with Crippen LogP contribution in [0, 0.1) is 12.8 Å². The second-order valence-corrected chi connectivity index (χ2v) is 9.92. The van der Waals surface area contributed by atoms with Crippen molar-refractivity contribution in [3.63, 3.8) is 0 Å². The van der Waals surface area contributed by atoms with E-state index < -0.39 is 23.9 Å². The van der Waals surface area contributed by atoms with Crippen LogP contribution in [0.3, 0.4) is 0 Å². The number of hydrogen-bond acceptors (Lipinski definition) is 8. The summed E-state index contributed by atoms with van der Waals surface area (Å²) in [6, 6.07) is 8.62. The summed E-state index contributed by atoms with van der Waals surface area (Å²) in [5.41, 5.74) is 5.21. The number of alkyl halides is 3. The maximum atomic E-state index is 13.2. The van der Waals surface area contributed by atoms with Crippen molar-refractivity contribution in [3.8, 4) is 5.75 Å². The number of aromatic carboxylic acids is 1. The van der Waals surface area contributed by atoms with Gasteiger partial charge in [-0.1, -0.05) is 18.6 Å². The van der Waals surface area contributed by atoms with Crippen molar-refractivity contribution in [2.75, 3.05) is 17.0 Å². The number of hydrazine groups is 1. The van der Waals surface area contributed by atoms with Gasteiger partial charge in [0.25, 0.3) is 0 Å². The molecule has 1 saturated carbocycles. The quantitative estimate of drug-likeness (QED) is 0.401. The van der Waals surface area contributed by atoms with Crippen molar-refractivity contribution < 1.29 is 27.8 Å². The first-order valence-electron chi connectivity index (χ1n) is 12.7. The van der Waals surface area contributed by atoms with Crippen LogP contribution in [-0.2, 0) is 12.7 Å². The third-order valence-electron chi connectivity index (χ3n) is 7.34. The number of nitrogens with one attached hydrogen (secondary N) is 1. The minimum absolute atomic E-state index is 0.0409. The van der Waals surface area contributed by atoms with E-state index >= 15 is 0 Å². The molecule has 2 aliphatic rings. The van der Waals surface area contributed by atoms with Gasteiger partial charge in [0.15, 0.2) is 12.0 Å². The Balaban J connectivity index is 1.63. The maximum Gasteiger partial charge on any atom is 0.416 e. The Morgan fingerprint density at radius 3 is 2.49 bits per heavy atom. The van der Waals surface area contributed by atoms with Crippen molar-refractivity contribution >= 4 is 17.5 Å². The molecule has 3 aromatic rings. The molecule has 1 aromatic carbocycles. The fourth-order valence-electron chi connectivity index (χ4n) is 4.99. The Labute approximate surface area is 223 Å². The second-order valence-electron chi connectivity index (χ2n) is 9.92. The first-order chi connectivity index (χ1) is 18.6. The molecule has 9 nitrogen and oxygen atoms in total. The number of carbonyl (C=O) groups is 1. The summed E-state index contributed by atoms with van der Waals surface area (Å²) in [4.78, 5) is 26.9. The number of rotatable bonds is 8. The molecule has 206 valence electrons. The first-order valence-corrected chi connectivity index (χ1v) is 12.7. The highest BCUT2D eigenvalue weighted by Gasteiger charge is 2.43. The molecule has 3 heterocycles. The van der Waals surface area contributed by atoms with E-state index in [1.807, 2.05) is 17.9 Å². The van der Waals surface area contributed by atoms with Gasteiger partial charge in [-0.25, -0.2) is 25.2 Å². The number of aryl methyl sites for hydroxylation is 1. The van der Waals surface area contributed by atoms with Gasteiger partial charge in [-0.15, -0.1) is 0 Å². The second kappa shape index (κ2) is 10.3. The largest absolute Gasteiger partial charge is 0.495 e. The summed E-state index contributed by atoms with van der Waals surface area (Å²) in [6.45, 7) is 4.10. The van der Waals surface area contributed by atoms with Crippen LogP contribution in [0.5, 0.6) is 5.75 Å². The molecule has 2 aromatic heterocycles. The van der Waals surface area contributed by atoms with Crippen LogP contribution in [0.15, 0.2) is 42.6 Å². The van der Waals surface area contributed by atoms with E-state index in [4.69, 9.17) is 9.72 Å². The number of carboxylic acids is 1. The normalized spacial score (nSPS) is 18.1. The highest BCUT2D eigenvalue weighted by Crippen LogP contribution is 2.47. The zero-order chi connectivity index (χ0) is 27.9. The number of pyridine rings is 1. The van der Waals surface area contributed by atoms with Gasteiger partial charge >= 0.3 is 12.1 Å². The smallest absolute Gasteiger partial charge is 0.416 e. The van der Waals surface area contributed by atoms with E-state index in [0.29, 0.717) is 34.4 Å². The number of hydrogen-bond donors (Lipinski definition) is 2. The van der Waals surface area contributed by atoms with Crippen LogP contribution in [0.1, 0.15) is 65.5 Å². The topological polar surface area (TPSA) is 104 Å². The zero-order valence-corrected chi connectivity index (χ0v) is 21.7. The van der Waals surface area contributed by atoms with E-state index in [1.54, 1.807) is 11.1 Å². The van der Waals surface area contributed by atoms with Crippen molar-refractivity contribution in [2.45, 2.75) is 58.0 Å². The molecule has 1 fully saturated rings. The van der Waals surface area contributed by atoms with E-state index in [0.717, 1.165) is 37.1 Å². The minimum Gasteiger partial charge on any atom is -0.495 e. The lowest BCUT2D eigenvalue weighted by Gasteiger charge is -2.38. The average molecular weight is 543 g/mol. The molecule has 5 rings (SSSR count). The molecule has 1 aliphatic heterocycles. The molecule has 0 bridgehead atoms. The molecule has 2 unspecified atom stereocenters. The molecule has 39 heavy (non-hydrogen) atoms. The van der Waals surface area contributed by atoms with Gasteiger partial charge in [0.05, 0.1) is 18.9 Å². The SMILES string of the molecule is COc1ccc(C)nc1C1N(Cc2ccc(C(F)(F)F)cc2)c2cnc(C(=O)O)nc2N1NC(C)C1CCC1. The molecule has 1 aliphatic carbocycles. The molecule has 2 N–H and O–H groups in total. The number of methoxy groups -OCH3 is 1. The maximum absolute atomic E-state index is 13.2. The number of halogens is 3. The summed E-state index contributed by atoms with van der Waals surface area (Å²) in [5.74, 6) is -0.350. The van der Waals surface area contributed by atoms with Crippen LogP contribution >= 0.6 is 0 Å². The van der Waals surface area contributed by atoms with Crippen LogP contribution in [0.4, 0.5) is 24.7 Å². The highest BCUT2D eigenvalue weighted by molar-refractivity contribution is 5.85. The minimum atomic E-state index is -4.44. The summed E-state index contributed by atoms with van der Waals surface area (Å²) in [6.07, 6.45) is -0.371. The summed E-state index contributed by atoms with van der Waals surface area (Å²) >= 11 is 0. The molecular formula is C27H29F3N6O3. The number of fused-ring (bicyclic) bond motifs is 1. The van der Waals surface area contributed by atoms with E-state index in [2.05, 4.69) is 22.3 Å². The van der Waals surface area contributed by atoms with Crippen molar-refractivity contribution in [1.82, 2.24) is 20.4 Å². The Hall–Kier alpha value is -3.93. The summed E-state index contributed by atoms with van der Waals surface area (Å²) < 4.78 is 45.2. The number of ether oxygens (including phenoxy) is 1. The Morgan fingerprint density at radius 2 is 1.90 bits per heavy atom. The Kier molecular flexibility index (Phi) is 7.06. The Bertz CT molecular complexity index is 1360. The third kappa shape index (κ3) is 5.20. The molecular weight excluding hydrogens is 513 g/mol. The van der Waals surface area contributed by atoms with Crippen LogP contribution in [0.2, 0.25) is 0 Å². The van der Waals surface area contributed by atoms with Crippen molar-refractivity contribution in [3.05, 3.63) is 70.9 Å². The van der Waals surface area contributed by atoms with Crippen LogP contribution in [-0.4, -0.2) is 39.2 Å². The molecule has 0 amide bonds. The average Bonchev–Trinajstić information content (AvgIpc) is 3.14. The summed E-state index contributed by atoms with van der Waals surface area (Å²) in [5, 5.41) is 11.4. The van der Waals surface area contributed by atoms with Gasteiger partial charge in [-0.2, -0.15) is 13.2 Å². The van der Waals surface area contributed by atoms with Crippen LogP contribution in [0.25, 0.3) is 0 Å². The number of carboxylic acid groups (broad SMARTS) is 1. The number of anilines is 2. The molecule has 0 radical (unpaired) electrons. The molecule has 2 atom stereocenters. The third-order valence-corrected chi connectivity index (χ3v) is 7.34. The number of nitrogens with zero attached hydrogens (tertiary/aromatic N) is 5. The predicted molar refractivity (Wildman–Crippen MR) is 137 cm³/mol. The van der Waals surface area contributed by atoms with E-state index in [1.165, 1.54) is 25.4 Å². The number of aromatic nitrogens is 3. The lowest BCUT2D eigenvalue weighted by molar-refractivity contribution is -0.137. The van der Waals surface area contributed by atoms with E-state index in [9.17, 15) is 23.1 Å². The lowest BCUT2D eigenvalue weighted by atomic mass is 9.81. The highest BCUT2D eigenvalue weighted by atomic mass is 19.4. The Morgan fingerprint density at radius 1 is 1.18 bits per heavy atom. The monoisotopic (exact) mass is 542 g/mol. The standard InChI is InChI=1S/C27H29F3N6O3/c1-15-7-12-21(39-3)22(32-15)25-35(14-17-8-10-19(11-9-17)27(28,29)30)20-13-31-23(26(37)38)33-24(20)36(25)34-16(2)18-5-4-6-18/h7-13,16,18,25,34H,4-6,14H2,1-3H3,(H,37,38). The van der Waals surface area contributed by atoms with Crippen molar-refractivity contribution in [1.29, 1.82) is 0 Å². The van der Waals surface area contributed by atoms with Crippen molar-refractivity contribution in [2.24, 2.45) is 5.92 Å². The predicted octanol–water partition coefficient (Wildman–Crippen LogP) is 5.12. The van der Waals surface area contributed by atoms with Gasteiger partial charge in [0.1, 0.15) is 17.1 Å². The first kappa shape index (κ1) is 26.7. The van der Waals surface area contributed by atoms with Gasteiger partial charge < -0.3 is 14.7 Å². The number of benzene rings is 1. The molecule has 0 saturated heterocycles. The summed E-state index contributed by atoms with van der Waals surface area (Å²) in [7, 11) is 1.54. The lowest BCUT2D eigenvalue weighted by Crippen LogP contribution is -2.51. The van der Waals surface area contributed by atoms with Gasteiger partial charge in [0.2, 0.25) is 5.82 Å². The fraction of sp³-hybridized carbons (Fsp3) is 0.407. The molecule has 0 spiro atoms. The van der Waals surface area contributed by atoms with Gasteiger partial charge in [0, 0.05) is 18.3 Å².